The number of nitrogens with zero attached hydrogens (tertiary/aromatic N) is 3. The summed E-state index contributed by atoms with van der Waals surface area (Å²) in [6.45, 7) is 2.24. The van der Waals surface area contributed by atoms with E-state index in [4.69, 9.17) is 25.6 Å². The SMILES string of the molecule is Clc1cccc(-c2noc(CCN3CCCC3c3ccc4c(c3)OCO4)n2)c1. The van der Waals surface area contributed by atoms with Crippen LogP contribution in [0.5, 0.6) is 11.5 Å². The summed E-state index contributed by atoms with van der Waals surface area (Å²) in [6, 6.07) is 14.1. The zero-order chi connectivity index (χ0) is 18.9. The molecule has 0 amide bonds. The first-order chi connectivity index (χ1) is 13.8. The second kappa shape index (κ2) is 7.45. The molecule has 7 heteroatoms. The molecule has 2 aliphatic heterocycles. The number of halogens is 1. The molecule has 5 rings (SSSR count). The minimum atomic E-state index is 0.305. The van der Waals surface area contributed by atoms with Gasteiger partial charge in [0.1, 0.15) is 0 Å². The molecule has 144 valence electrons. The lowest BCUT2D eigenvalue weighted by Crippen LogP contribution is -2.25. The van der Waals surface area contributed by atoms with E-state index in [1.165, 1.54) is 12.0 Å². The molecule has 1 saturated heterocycles. The van der Waals surface area contributed by atoms with Crippen LogP contribution >= 0.6 is 11.6 Å². The molecule has 3 aromatic rings. The lowest BCUT2D eigenvalue weighted by Gasteiger charge is -2.24. The Morgan fingerprint density at radius 3 is 2.96 bits per heavy atom. The highest BCUT2D eigenvalue weighted by molar-refractivity contribution is 6.30. The molecule has 0 spiro atoms. The largest absolute Gasteiger partial charge is 0.454 e. The quantitative estimate of drug-likeness (QED) is 0.631. The van der Waals surface area contributed by atoms with E-state index in [0.717, 1.165) is 36.6 Å². The summed E-state index contributed by atoms with van der Waals surface area (Å²) in [7, 11) is 0. The maximum atomic E-state index is 6.05. The van der Waals surface area contributed by atoms with Gasteiger partial charge in [0, 0.05) is 29.6 Å². The predicted molar refractivity (Wildman–Crippen MR) is 105 cm³/mol. The number of hydrogen-bond donors (Lipinski definition) is 0. The Bertz CT molecular complexity index is 991. The van der Waals surface area contributed by atoms with Gasteiger partial charge in [-0.25, -0.2) is 0 Å². The van der Waals surface area contributed by atoms with E-state index >= 15 is 0 Å². The molecule has 0 N–H and O–H groups in total. The number of benzene rings is 2. The van der Waals surface area contributed by atoms with Gasteiger partial charge < -0.3 is 14.0 Å². The number of ether oxygens (including phenoxy) is 2. The fraction of sp³-hybridized carbons (Fsp3) is 0.333. The van der Waals surface area contributed by atoms with Crippen molar-refractivity contribution in [2.75, 3.05) is 19.9 Å². The van der Waals surface area contributed by atoms with Gasteiger partial charge in [0.2, 0.25) is 18.5 Å². The van der Waals surface area contributed by atoms with Crippen LogP contribution in [-0.4, -0.2) is 34.9 Å². The summed E-state index contributed by atoms with van der Waals surface area (Å²) in [4.78, 5) is 7.00. The monoisotopic (exact) mass is 397 g/mol. The van der Waals surface area contributed by atoms with E-state index in [1.54, 1.807) is 0 Å². The Hall–Kier alpha value is -2.57. The van der Waals surface area contributed by atoms with E-state index in [-0.39, 0.29) is 0 Å². The number of likely N-dealkylation sites (tertiary alicyclic amines) is 1. The molecule has 2 aromatic carbocycles. The lowest BCUT2D eigenvalue weighted by molar-refractivity contribution is 0.174. The fourth-order valence-corrected chi connectivity index (χ4v) is 4.12. The van der Waals surface area contributed by atoms with Crippen molar-refractivity contribution in [1.29, 1.82) is 0 Å². The van der Waals surface area contributed by atoms with Gasteiger partial charge >= 0.3 is 0 Å². The van der Waals surface area contributed by atoms with Gasteiger partial charge in [0.25, 0.3) is 0 Å². The Balaban J connectivity index is 1.26. The minimum absolute atomic E-state index is 0.305. The van der Waals surface area contributed by atoms with Crippen LogP contribution in [0, 0.1) is 0 Å². The Morgan fingerprint density at radius 1 is 1.11 bits per heavy atom. The van der Waals surface area contributed by atoms with Gasteiger partial charge in [-0.15, -0.1) is 0 Å². The molecule has 0 aliphatic carbocycles. The molecule has 3 heterocycles. The van der Waals surface area contributed by atoms with Crippen molar-refractivity contribution in [3.05, 3.63) is 58.9 Å². The third-order valence-electron chi connectivity index (χ3n) is 5.31. The molecule has 1 fully saturated rings. The lowest BCUT2D eigenvalue weighted by atomic mass is 10.0. The molecule has 1 atom stereocenters. The average molecular weight is 398 g/mol. The summed E-state index contributed by atoms with van der Waals surface area (Å²) in [6.07, 6.45) is 3.03. The normalized spacial score (nSPS) is 18.7. The number of rotatable bonds is 5. The highest BCUT2D eigenvalue weighted by atomic mass is 35.5. The van der Waals surface area contributed by atoms with E-state index < -0.39 is 0 Å². The van der Waals surface area contributed by atoms with Gasteiger partial charge in [-0.2, -0.15) is 4.98 Å². The smallest absolute Gasteiger partial charge is 0.231 e. The highest BCUT2D eigenvalue weighted by Crippen LogP contribution is 2.38. The maximum absolute atomic E-state index is 6.05. The molecule has 0 radical (unpaired) electrons. The molecule has 2 aliphatic rings. The van der Waals surface area contributed by atoms with Crippen LogP contribution in [0.1, 0.15) is 30.3 Å². The van der Waals surface area contributed by atoms with Gasteiger partial charge in [-0.1, -0.05) is 35.0 Å². The molecular weight excluding hydrogens is 378 g/mol. The van der Waals surface area contributed by atoms with Crippen LogP contribution in [0.25, 0.3) is 11.4 Å². The van der Waals surface area contributed by atoms with E-state index in [2.05, 4.69) is 27.2 Å². The molecular formula is C21H20ClN3O3. The third-order valence-corrected chi connectivity index (χ3v) is 5.54. The van der Waals surface area contributed by atoms with Crippen molar-refractivity contribution >= 4 is 11.6 Å². The number of fused-ring (bicyclic) bond motifs is 1. The first kappa shape index (κ1) is 17.5. The first-order valence-electron chi connectivity index (χ1n) is 9.48. The number of aromatic nitrogens is 2. The molecule has 28 heavy (non-hydrogen) atoms. The van der Waals surface area contributed by atoms with Crippen LogP contribution in [-0.2, 0) is 6.42 Å². The van der Waals surface area contributed by atoms with Crippen LogP contribution < -0.4 is 9.47 Å². The second-order valence-corrected chi connectivity index (χ2v) is 7.52. The first-order valence-corrected chi connectivity index (χ1v) is 9.86. The Morgan fingerprint density at radius 2 is 2.04 bits per heavy atom. The summed E-state index contributed by atoms with van der Waals surface area (Å²) in [5, 5.41) is 4.76. The highest BCUT2D eigenvalue weighted by Gasteiger charge is 2.27. The predicted octanol–water partition coefficient (Wildman–Crippen LogP) is 4.50. The van der Waals surface area contributed by atoms with Gasteiger partial charge in [0.15, 0.2) is 11.5 Å². The molecule has 6 nitrogen and oxygen atoms in total. The second-order valence-electron chi connectivity index (χ2n) is 7.08. The topological polar surface area (TPSA) is 60.6 Å². The molecule has 1 aromatic heterocycles. The Kier molecular flexibility index (Phi) is 4.66. The van der Waals surface area contributed by atoms with Crippen LogP contribution in [0.2, 0.25) is 5.02 Å². The Labute approximate surface area is 168 Å². The van der Waals surface area contributed by atoms with Crippen LogP contribution in [0.3, 0.4) is 0 Å². The summed E-state index contributed by atoms with van der Waals surface area (Å²) < 4.78 is 16.4. The molecule has 0 bridgehead atoms. The van der Waals surface area contributed by atoms with Crippen molar-refractivity contribution in [1.82, 2.24) is 15.0 Å². The molecule has 1 unspecified atom stereocenters. The average Bonchev–Trinajstić information content (AvgIpc) is 3.45. The zero-order valence-corrected chi connectivity index (χ0v) is 16.1. The van der Waals surface area contributed by atoms with Crippen molar-refractivity contribution in [2.45, 2.75) is 25.3 Å². The summed E-state index contributed by atoms with van der Waals surface area (Å²) in [5.74, 6) is 2.89. The van der Waals surface area contributed by atoms with Crippen molar-refractivity contribution in [2.24, 2.45) is 0 Å². The summed E-state index contributed by atoms with van der Waals surface area (Å²) in [5.41, 5.74) is 2.13. The fourth-order valence-electron chi connectivity index (χ4n) is 3.93. The van der Waals surface area contributed by atoms with E-state index in [0.29, 0.717) is 36.0 Å². The van der Waals surface area contributed by atoms with E-state index in [9.17, 15) is 0 Å². The van der Waals surface area contributed by atoms with Gasteiger partial charge in [-0.05, 0) is 49.2 Å². The van der Waals surface area contributed by atoms with Gasteiger partial charge in [0.05, 0.1) is 0 Å². The standard InChI is InChI=1S/C21H20ClN3O3/c22-16-4-1-3-15(11-16)21-23-20(28-24-21)8-10-25-9-2-5-17(25)14-6-7-18-19(12-14)27-13-26-18/h1,3-4,6-7,11-12,17H,2,5,8-10,13H2. The van der Waals surface area contributed by atoms with E-state index in [1.807, 2.05) is 30.3 Å². The third kappa shape index (κ3) is 3.45. The summed E-state index contributed by atoms with van der Waals surface area (Å²) >= 11 is 6.05. The zero-order valence-electron chi connectivity index (χ0n) is 15.3. The molecule has 0 saturated carbocycles. The van der Waals surface area contributed by atoms with Gasteiger partial charge in [-0.3, -0.25) is 4.90 Å². The minimum Gasteiger partial charge on any atom is -0.454 e. The van der Waals surface area contributed by atoms with Crippen molar-refractivity contribution < 1.29 is 14.0 Å². The van der Waals surface area contributed by atoms with Crippen LogP contribution in [0.4, 0.5) is 0 Å². The van der Waals surface area contributed by atoms with Crippen molar-refractivity contribution in [3.8, 4) is 22.9 Å². The number of hydrogen-bond acceptors (Lipinski definition) is 6. The van der Waals surface area contributed by atoms with Crippen LogP contribution in [0.15, 0.2) is 47.0 Å². The van der Waals surface area contributed by atoms with Crippen molar-refractivity contribution in [3.63, 3.8) is 0 Å². The maximum Gasteiger partial charge on any atom is 0.231 e.